The minimum Gasteiger partial charge on any atom is -0.505 e. The Kier molecular flexibility index (Phi) is 12.9. The van der Waals surface area contributed by atoms with Gasteiger partial charge in [0.25, 0.3) is 5.91 Å². The SMILES string of the molecule is Cc1cc(N=Nc2c(SOOO)cc3cc(NC(=O)c4ccc(N)cc4)ccc3c2O)c(C)cc1N=Nc1ccc(N=Nc2ccc(SOOO)cc2)cc1. The van der Waals surface area contributed by atoms with Crippen molar-refractivity contribution in [3.05, 3.63) is 126 Å². The number of carbonyl (C=O) groups is 1. The number of nitrogens with two attached hydrogens (primary N) is 1. The molecule has 0 heterocycles. The molecule has 0 unspecified atom stereocenters. The molecule has 0 atom stereocenters. The highest BCUT2D eigenvalue weighted by atomic mass is 32.2. The van der Waals surface area contributed by atoms with Crippen LogP contribution in [0.15, 0.2) is 150 Å². The molecule has 0 radical (unpaired) electrons. The predicted octanol–water partition coefficient (Wildman–Crippen LogP) is 12.1. The molecule has 6 aromatic rings. The molecular formula is C37H30N8O8S2. The highest BCUT2D eigenvalue weighted by Gasteiger charge is 2.17. The Labute approximate surface area is 321 Å². The van der Waals surface area contributed by atoms with Crippen molar-refractivity contribution in [2.75, 3.05) is 11.1 Å². The fourth-order valence-electron chi connectivity index (χ4n) is 5.02. The highest BCUT2D eigenvalue weighted by molar-refractivity contribution is 7.94. The number of nitrogens with zero attached hydrogens (tertiary/aromatic N) is 6. The number of hydrogen-bond acceptors (Lipinski definition) is 17. The zero-order valence-corrected chi connectivity index (χ0v) is 30.5. The van der Waals surface area contributed by atoms with Crippen molar-refractivity contribution in [3.8, 4) is 5.75 Å². The summed E-state index contributed by atoms with van der Waals surface area (Å²) in [4.78, 5) is 13.7. The summed E-state index contributed by atoms with van der Waals surface area (Å²) in [5.41, 5.74) is 11.7. The van der Waals surface area contributed by atoms with Gasteiger partial charge in [-0.05, 0) is 140 Å². The molecule has 0 saturated carbocycles. The van der Waals surface area contributed by atoms with Gasteiger partial charge in [0.1, 0.15) is 5.69 Å². The summed E-state index contributed by atoms with van der Waals surface area (Å²) < 4.78 is 9.09. The number of nitrogens with one attached hydrogen (secondary N) is 1. The van der Waals surface area contributed by atoms with Crippen LogP contribution in [-0.4, -0.2) is 21.5 Å². The Morgan fingerprint density at radius 3 is 1.80 bits per heavy atom. The van der Waals surface area contributed by atoms with Crippen molar-refractivity contribution in [3.63, 3.8) is 0 Å². The van der Waals surface area contributed by atoms with Crippen LogP contribution in [0.25, 0.3) is 10.8 Å². The number of aryl methyl sites for hydroxylation is 2. The number of azo groups is 3. The molecule has 0 aliphatic carbocycles. The molecule has 6 aromatic carbocycles. The molecule has 55 heavy (non-hydrogen) atoms. The third-order valence-electron chi connectivity index (χ3n) is 7.81. The van der Waals surface area contributed by atoms with Crippen LogP contribution in [-0.2, 0) is 18.7 Å². The van der Waals surface area contributed by atoms with E-state index in [0.717, 1.165) is 23.2 Å². The quantitative estimate of drug-likeness (QED) is 0.0230. The number of rotatable bonds is 14. The van der Waals surface area contributed by atoms with Gasteiger partial charge in [-0.15, -0.1) is 13.8 Å². The van der Waals surface area contributed by atoms with Gasteiger partial charge in [-0.25, -0.2) is 10.5 Å². The number of phenols is 1. The zero-order chi connectivity index (χ0) is 38.7. The van der Waals surface area contributed by atoms with Crippen molar-refractivity contribution in [1.29, 1.82) is 0 Å². The van der Waals surface area contributed by atoms with Crippen LogP contribution in [0.4, 0.5) is 45.5 Å². The number of anilines is 2. The van der Waals surface area contributed by atoms with Crippen LogP contribution < -0.4 is 11.1 Å². The second-order valence-electron chi connectivity index (χ2n) is 11.6. The molecule has 278 valence electrons. The Morgan fingerprint density at radius 2 is 1.20 bits per heavy atom. The van der Waals surface area contributed by atoms with Crippen LogP contribution in [0.3, 0.4) is 0 Å². The van der Waals surface area contributed by atoms with Crippen LogP contribution in [0.5, 0.6) is 5.75 Å². The number of phenolic OH excluding ortho intramolecular Hbond substituents is 1. The molecule has 1 amide bonds. The highest BCUT2D eigenvalue weighted by Crippen LogP contribution is 2.45. The number of aromatic hydroxyl groups is 1. The third kappa shape index (κ3) is 10.1. The molecule has 0 aromatic heterocycles. The maximum atomic E-state index is 12.8. The molecule has 6 N–H and O–H groups in total. The van der Waals surface area contributed by atoms with Gasteiger partial charge >= 0.3 is 0 Å². The maximum absolute atomic E-state index is 12.8. The van der Waals surface area contributed by atoms with Crippen LogP contribution in [0, 0.1) is 13.8 Å². The predicted molar refractivity (Wildman–Crippen MR) is 207 cm³/mol. The average Bonchev–Trinajstić information content (AvgIpc) is 3.19. The van der Waals surface area contributed by atoms with E-state index in [-0.39, 0.29) is 22.2 Å². The number of hydrogen-bond donors (Lipinski definition) is 5. The summed E-state index contributed by atoms with van der Waals surface area (Å²) >= 11 is 1.46. The van der Waals surface area contributed by atoms with Crippen molar-refractivity contribution < 1.29 is 39.2 Å². The van der Waals surface area contributed by atoms with Crippen LogP contribution >= 0.6 is 24.1 Å². The summed E-state index contributed by atoms with van der Waals surface area (Å²) in [7, 11) is 0. The molecule has 6 rings (SSSR count). The zero-order valence-electron chi connectivity index (χ0n) is 28.9. The maximum Gasteiger partial charge on any atom is 0.255 e. The van der Waals surface area contributed by atoms with E-state index in [1.165, 1.54) is 0 Å². The molecule has 0 aliphatic heterocycles. The van der Waals surface area contributed by atoms with E-state index < -0.39 is 0 Å². The number of nitrogen functional groups attached to an aromatic ring is 1. The minimum absolute atomic E-state index is 0.0638. The van der Waals surface area contributed by atoms with Crippen LogP contribution in [0.1, 0.15) is 21.5 Å². The van der Waals surface area contributed by atoms with Crippen LogP contribution in [0.2, 0.25) is 0 Å². The van der Waals surface area contributed by atoms with E-state index in [0.29, 0.717) is 73.1 Å². The Bertz CT molecular complexity index is 2400. The largest absolute Gasteiger partial charge is 0.505 e. The smallest absolute Gasteiger partial charge is 0.255 e. The molecule has 16 nitrogen and oxygen atoms in total. The molecular weight excluding hydrogens is 749 g/mol. The summed E-state index contributed by atoms with van der Waals surface area (Å²) in [5, 5.41) is 65.6. The molecule has 0 bridgehead atoms. The first-order valence-electron chi connectivity index (χ1n) is 16.0. The van der Waals surface area contributed by atoms with E-state index in [4.69, 9.17) is 16.2 Å². The van der Waals surface area contributed by atoms with E-state index in [1.54, 1.807) is 103 Å². The van der Waals surface area contributed by atoms with Crippen molar-refractivity contribution in [1.82, 2.24) is 0 Å². The fraction of sp³-hybridized carbons (Fsp3) is 0.0541. The van der Waals surface area contributed by atoms with Gasteiger partial charge in [0.2, 0.25) is 0 Å². The van der Waals surface area contributed by atoms with E-state index >= 15 is 0 Å². The molecule has 0 spiro atoms. The standard InChI is InChI=1S/C37H30N8O8S2/c1-21-18-33(22(2)17-32(21)43-42-27-9-7-26(8-10-27)40-41-28-11-14-30(15-12-28)54-52-50-48)44-45-35-34(55-53-51-49)20-24-19-29(13-16-31(24)36(35)46)39-37(47)23-3-5-25(38)6-4-23/h3-20,46,48-49H,38H2,1-2H3,(H,39,47). The summed E-state index contributed by atoms with van der Waals surface area (Å²) in [6.07, 6.45) is 0. The topological polar surface area (TPSA) is 227 Å². The van der Waals surface area contributed by atoms with Gasteiger partial charge in [0, 0.05) is 27.2 Å². The van der Waals surface area contributed by atoms with E-state index in [1.807, 2.05) is 19.9 Å². The fourth-order valence-corrected chi connectivity index (χ4v) is 5.87. The van der Waals surface area contributed by atoms with Gasteiger partial charge in [-0.3, -0.25) is 4.79 Å². The first kappa shape index (κ1) is 38.6. The number of benzene rings is 6. The first-order valence-corrected chi connectivity index (χ1v) is 17.5. The van der Waals surface area contributed by atoms with Crippen molar-refractivity contribution >= 4 is 86.3 Å². The second kappa shape index (κ2) is 18.3. The molecule has 18 heteroatoms. The third-order valence-corrected chi connectivity index (χ3v) is 9.02. The number of carbonyl (C=O) groups excluding carboxylic acids is 1. The lowest BCUT2D eigenvalue weighted by Crippen LogP contribution is -2.11. The Hall–Kier alpha value is -6.09. The summed E-state index contributed by atoms with van der Waals surface area (Å²) in [6.45, 7) is 3.70. The first-order chi connectivity index (χ1) is 26.7. The van der Waals surface area contributed by atoms with Gasteiger partial charge in [-0.2, -0.15) is 25.6 Å². The van der Waals surface area contributed by atoms with Gasteiger partial charge < -0.3 is 16.2 Å². The number of amides is 1. The van der Waals surface area contributed by atoms with Gasteiger partial charge in [0.15, 0.2) is 5.75 Å². The Balaban J connectivity index is 1.16. The summed E-state index contributed by atoms with van der Waals surface area (Å²) in [6, 6.07) is 30.8. The second-order valence-corrected chi connectivity index (χ2v) is 13.1. The lowest BCUT2D eigenvalue weighted by molar-refractivity contribution is -0.432. The summed E-state index contributed by atoms with van der Waals surface area (Å²) in [5.74, 6) is -0.542. The van der Waals surface area contributed by atoms with Crippen molar-refractivity contribution in [2.45, 2.75) is 23.6 Å². The average molecular weight is 779 g/mol. The van der Waals surface area contributed by atoms with Gasteiger partial charge in [-0.1, -0.05) is 10.1 Å². The van der Waals surface area contributed by atoms with E-state index in [2.05, 4.69) is 54.7 Å². The lowest BCUT2D eigenvalue weighted by atomic mass is 10.1. The monoisotopic (exact) mass is 778 g/mol. The normalized spacial score (nSPS) is 11.7. The molecule has 0 aliphatic rings. The van der Waals surface area contributed by atoms with Gasteiger partial charge in [0.05, 0.1) is 57.4 Å². The number of fused-ring (bicyclic) bond motifs is 1. The molecule has 0 saturated heterocycles. The van der Waals surface area contributed by atoms with Crippen molar-refractivity contribution in [2.24, 2.45) is 30.7 Å². The van der Waals surface area contributed by atoms with E-state index in [9.17, 15) is 9.90 Å². The Morgan fingerprint density at radius 1 is 0.655 bits per heavy atom. The molecule has 0 fully saturated rings. The minimum atomic E-state index is -0.337. The lowest BCUT2D eigenvalue weighted by Gasteiger charge is -2.11.